The molecule has 2 nitrogen and oxygen atoms in total. The fourth-order valence-electron chi connectivity index (χ4n) is 2.43. The van der Waals surface area contributed by atoms with Crippen LogP contribution in [0.1, 0.15) is 40.0 Å². The first-order chi connectivity index (χ1) is 7.02. The van der Waals surface area contributed by atoms with Crippen molar-refractivity contribution in [2.24, 2.45) is 23.7 Å². The average molecular weight is 210 g/mol. The summed E-state index contributed by atoms with van der Waals surface area (Å²) in [6, 6.07) is 0. The number of rotatable bonds is 4. The van der Waals surface area contributed by atoms with E-state index in [0.29, 0.717) is 11.8 Å². The summed E-state index contributed by atoms with van der Waals surface area (Å²) in [5.41, 5.74) is 0. The largest absolute Gasteiger partial charge is 0.481 e. The topological polar surface area (TPSA) is 37.3 Å². The minimum absolute atomic E-state index is 0.172. The highest BCUT2D eigenvalue weighted by Gasteiger charge is 2.33. The third kappa shape index (κ3) is 3.37. The van der Waals surface area contributed by atoms with Gasteiger partial charge in [0.05, 0.1) is 5.92 Å². The van der Waals surface area contributed by atoms with Crippen LogP contribution < -0.4 is 0 Å². The number of hydrogen-bond donors (Lipinski definition) is 1. The highest BCUT2D eigenvalue weighted by molar-refractivity contribution is 5.71. The van der Waals surface area contributed by atoms with Crippen molar-refractivity contribution in [1.82, 2.24) is 0 Å². The maximum absolute atomic E-state index is 11.2. The zero-order valence-electron chi connectivity index (χ0n) is 9.94. The van der Waals surface area contributed by atoms with Crippen LogP contribution in [0.15, 0.2) is 12.2 Å². The van der Waals surface area contributed by atoms with Crippen LogP contribution >= 0.6 is 0 Å². The van der Waals surface area contributed by atoms with Crippen LogP contribution in [-0.2, 0) is 4.79 Å². The lowest BCUT2D eigenvalue weighted by Gasteiger charge is -2.30. The molecule has 0 unspecified atom stereocenters. The lowest BCUT2D eigenvalue weighted by atomic mass is 9.74. The fraction of sp³-hybridized carbons (Fsp3) is 0.769. The minimum Gasteiger partial charge on any atom is -0.481 e. The molecule has 1 rings (SSSR count). The molecular weight excluding hydrogens is 188 g/mol. The molecule has 0 saturated carbocycles. The molecule has 0 amide bonds. The highest BCUT2D eigenvalue weighted by atomic mass is 16.4. The molecule has 1 aliphatic rings. The van der Waals surface area contributed by atoms with E-state index in [2.05, 4.69) is 19.9 Å². The average Bonchev–Trinajstić information content (AvgIpc) is 2.13. The van der Waals surface area contributed by atoms with Gasteiger partial charge < -0.3 is 5.11 Å². The Labute approximate surface area is 92.4 Å². The molecule has 15 heavy (non-hydrogen) atoms. The van der Waals surface area contributed by atoms with Gasteiger partial charge in [0.25, 0.3) is 0 Å². The van der Waals surface area contributed by atoms with Gasteiger partial charge in [0.1, 0.15) is 0 Å². The van der Waals surface area contributed by atoms with Crippen molar-refractivity contribution >= 4 is 5.97 Å². The Kier molecular flexibility index (Phi) is 4.37. The van der Waals surface area contributed by atoms with Crippen molar-refractivity contribution < 1.29 is 9.90 Å². The summed E-state index contributed by atoms with van der Waals surface area (Å²) in [5, 5.41) is 9.21. The Bertz CT molecular complexity index is 243. The van der Waals surface area contributed by atoms with Crippen LogP contribution in [0.25, 0.3) is 0 Å². The summed E-state index contributed by atoms with van der Waals surface area (Å²) >= 11 is 0. The number of allylic oxidation sites excluding steroid dienone is 2. The third-order valence-electron chi connectivity index (χ3n) is 3.35. The van der Waals surface area contributed by atoms with Gasteiger partial charge in [-0.3, -0.25) is 4.79 Å². The molecule has 1 aliphatic carbocycles. The van der Waals surface area contributed by atoms with Crippen LogP contribution in [-0.4, -0.2) is 11.1 Å². The number of carboxylic acids is 1. The second-order valence-electron chi connectivity index (χ2n) is 5.12. The van der Waals surface area contributed by atoms with Gasteiger partial charge in [-0.1, -0.05) is 39.3 Å². The highest BCUT2D eigenvalue weighted by Crippen LogP contribution is 2.34. The lowest BCUT2D eigenvalue weighted by molar-refractivity contribution is -0.145. The van der Waals surface area contributed by atoms with E-state index < -0.39 is 5.97 Å². The molecule has 0 bridgehead atoms. The first-order valence-electron chi connectivity index (χ1n) is 5.91. The Morgan fingerprint density at radius 1 is 1.53 bits per heavy atom. The van der Waals surface area contributed by atoms with Gasteiger partial charge in [0, 0.05) is 0 Å². The normalized spacial score (nSPS) is 30.8. The molecule has 0 saturated heterocycles. The number of hydrogen-bond acceptors (Lipinski definition) is 1. The first-order valence-corrected chi connectivity index (χ1v) is 5.91. The van der Waals surface area contributed by atoms with E-state index in [1.807, 2.05) is 13.0 Å². The molecule has 0 aromatic heterocycles. The van der Waals surface area contributed by atoms with Gasteiger partial charge in [-0.25, -0.2) is 0 Å². The van der Waals surface area contributed by atoms with Gasteiger partial charge >= 0.3 is 5.97 Å². The number of carbonyl (C=O) groups is 1. The summed E-state index contributed by atoms with van der Waals surface area (Å²) in [4.78, 5) is 11.2. The fourth-order valence-corrected chi connectivity index (χ4v) is 2.43. The van der Waals surface area contributed by atoms with Crippen molar-refractivity contribution in [1.29, 1.82) is 0 Å². The third-order valence-corrected chi connectivity index (χ3v) is 3.35. The molecule has 1 N–H and O–H groups in total. The molecule has 86 valence electrons. The van der Waals surface area contributed by atoms with Gasteiger partial charge in [-0.2, -0.15) is 0 Å². The van der Waals surface area contributed by atoms with Gasteiger partial charge in [-0.15, -0.1) is 0 Å². The van der Waals surface area contributed by atoms with Crippen LogP contribution in [0.4, 0.5) is 0 Å². The maximum atomic E-state index is 11.2. The molecular formula is C13H22O2. The summed E-state index contributed by atoms with van der Waals surface area (Å²) in [5.74, 6) is 0.397. The maximum Gasteiger partial charge on any atom is 0.307 e. The van der Waals surface area contributed by atoms with Crippen molar-refractivity contribution in [2.75, 3.05) is 0 Å². The van der Waals surface area contributed by atoms with Crippen LogP contribution in [0.5, 0.6) is 0 Å². The van der Waals surface area contributed by atoms with Gasteiger partial charge in [0.2, 0.25) is 0 Å². The van der Waals surface area contributed by atoms with E-state index in [4.69, 9.17) is 0 Å². The molecule has 0 spiro atoms. The summed E-state index contributed by atoms with van der Waals surface area (Å²) < 4.78 is 0. The van der Waals surface area contributed by atoms with Crippen LogP contribution in [0.2, 0.25) is 0 Å². The van der Waals surface area contributed by atoms with Gasteiger partial charge in [0.15, 0.2) is 0 Å². The first kappa shape index (κ1) is 12.3. The van der Waals surface area contributed by atoms with E-state index in [-0.39, 0.29) is 11.8 Å². The Balaban J connectivity index is 2.60. The lowest BCUT2D eigenvalue weighted by Crippen LogP contribution is -2.31. The smallest absolute Gasteiger partial charge is 0.307 e. The van der Waals surface area contributed by atoms with Gasteiger partial charge in [-0.05, 0) is 30.6 Å². The predicted octanol–water partition coefficient (Wildman–Crippen LogP) is 3.34. The van der Waals surface area contributed by atoms with E-state index in [9.17, 15) is 9.90 Å². The number of carboxylic acid groups (broad SMARTS) is 1. The van der Waals surface area contributed by atoms with Crippen LogP contribution in [0, 0.1) is 23.7 Å². The van der Waals surface area contributed by atoms with Crippen molar-refractivity contribution in [3.63, 3.8) is 0 Å². The van der Waals surface area contributed by atoms with E-state index in [1.165, 1.54) is 0 Å². The quantitative estimate of drug-likeness (QED) is 0.723. The molecule has 0 heterocycles. The molecule has 2 heteroatoms. The molecule has 3 atom stereocenters. The van der Waals surface area contributed by atoms with Crippen molar-refractivity contribution in [3.05, 3.63) is 12.2 Å². The Morgan fingerprint density at radius 3 is 2.73 bits per heavy atom. The van der Waals surface area contributed by atoms with E-state index >= 15 is 0 Å². The number of aliphatic carboxylic acids is 1. The Hall–Kier alpha value is -0.790. The molecule has 0 fully saturated rings. The van der Waals surface area contributed by atoms with Crippen molar-refractivity contribution in [2.45, 2.75) is 40.0 Å². The van der Waals surface area contributed by atoms with Crippen molar-refractivity contribution in [3.8, 4) is 0 Å². The molecule has 0 aromatic carbocycles. The second kappa shape index (κ2) is 5.34. The molecule has 0 aliphatic heterocycles. The zero-order chi connectivity index (χ0) is 11.4. The standard InChI is InChI=1S/C13H22O2/c1-9(2)7-8-11-6-4-5-10(3)12(11)13(14)15/h4-5,9-12H,6-8H2,1-3H3,(H,14,15)/t10-,11+,12-/m0/s1. The predicted molar refractivity (Wildman–Crippen MR) is 61.6 cm³/mol. The van der Waals surface area contributed by atoms with E-state index in [1.54, 1.807) is 0 Å². The monoisotopic (exact) mass is 210 g/mol. The SMILES string of the molecule is CC(C)CC[C@H]1CC=C[C@H](C)[C@@H]1C(=O)O. The second-order valence-corrected chi connectivity index (χ2v) is 5.12. The minimum atomic E-state index is -0.624. The summed E-state index contributed by atoms with van der Waals surface area (Å²) in [6.45, 7) is 6.40. The summed E-state index contributed by atoms with van der Waals surface area (Å²) in [6.07, 6.45) is 7.31. The Morgan fingerprint density at radius 2 is 2.20 bits per heavy atom. The summed E-state index contributed by atoms with van der Waals surface area (Å²) in [7, 11) is 0. The van der Waals surface area contributed by atoms with Crippen LogP contribution in [0.3, 0.4) is 0 Å². The molecule has 0 aromatic rings. The van der Waals surface area contributed by atoms with E-state index in [0.717, 1.165) is 19.3 Å². The molecule has 0 radical (unpaired) electrons. The zero-order valence-corrected chi connectivity index (χ0v) is 9.94.